The average molecular weight is 359 g/mol. The Morgan fingerprint density at radius 2 is 1.88 bits per heavy atom. The fraction of sp³-hybridized carbons (Fsp3) is 0.300. The number of aliphatic carboxylic acids is 1. The third-order valence-electron chi connectivity index (χ3n) is 3.97. The van der Waals surface area contributed by atoms with E-state index in [0.29, 0.717) is 23.5 Å². The lowest BCUT2D eigenvalue weighted by molar-refractivity contribution is -0.147. The van der Waals surface area contributed by atoms with Crippen LogP contribution in [-0.4, -0.2) is 23.6 Å². The third-order valence-corrected chi connectivity index (χ3v) is 3.97. The average Bonchev–Trinajstić information content (AvgIpc) is 2.60. The molecule has 2 rings (SSSR count). The van der Waals surface area contributed by atoms with Crippen LogP contribution in [-0.2, 0) is 21.5 Å². The topological polar surface area (TPSA) is 75.6 Å². The van der Waals surface area contributed by atoms with Crippen molar-refractivity contribution < 1.29 is 23.8 Å². The second-order valence-electron chi connectivity index (χ2n) is 6.16. The number of carboxylic acids is 1. The molecule has 2 aromatic carbocycles. The molecule has 1 unspecified atom stereocenters. The summed E-state index contributed by atoms with van der Waals surface area (Å²) in [6.45, 7) is 3.96. The van der Waals surface area contributed by atoms with Gasteiger partial charge in [-0.1, -0.05) is 31.2 Å². The summed E-state index contributed by atoms with van der Waals surface area (Å²) in [5, 5.41) is 12.1. The van der Waals surface area contributed by atoms with Crippen LogP contribution >= 0.6 is 0 Å². The molecule has 0 saturated heterocycles. The van der Waals surface area contributed by atoms with Crippen LogP contribution < -0.4 is 10.1 Å². The first-order valence-electron chi connectivity index (χ1n) is 8.37. The first kappa shape index (κ1) is 19.4. The van der Waals surface area contributed by atoms with Gasteiger partial charge in [-0.25, -0.2) is 9.18 Å². The van der Waals surface area contributed by atoms with E-state index in [9.17, 15) is 19.1 Å². The Kier molecular flexibility index (Phi) is 6.33. The number of hydrogen-bond donors (Lipinski definition) is 2. The molecule has 0 saturated carbocycles. The molecule has 2 N–H and O–H groups in total. The van der Waals surface area contributed by atoms with Crippen LogP contribution in [0.25, 0.3) is 0 Å². The Labute approximate surface area is 151 Å². The molecule has 0 bridgehead atoms. The zero-order valence-electron chi connectivity index (χ0n) is 14.8. The smallest absolute Gasteiger partial charge is 0.333 e. The van der Waals surface area contributed by atoms with Crippen LogP contribution in [0.3, 0.4) is 0 Å². The summed E-state index contributed by atoms with van der Waals surface area (Å²) < 4.78 is 18.6. The molecule has 0 fully saturated rings. The number of carbonyl (C=O) groups is 2. The van der Waals surface area contributed by atoms with E-state index < -0.39 is 23.2 Å². The molecule has 26 heavy (non-hydrogen) atoms. The van der Waals surface area contributed by atoms with Crippen molar-refractivity contribution in [2.45, 2.75) is 32.2 Å². The summed E-state index contributed by atoms with van der Waals surface area (Å²) >= 11 is 0. The van der Waals surface area contributed by atoms with E-state index in [4.69, 9.17) is 4.74 Å². The van der Waals surface area contributed by atoms with E-state index >= 15 is 0 Å². The van der Waals surface area contributed by atoms with Gasteiger partial charge in [-0.3, -0.25) is 4.79 Å². The molecular formula is C20H22FNO4. The van der Waals surface area contributed by atoms with Crippen molar-refractivity contribution in [1.82, 2.24) is 5.32 Å². The molecule has 0 aliphatic rings. The second-order valence-corrected chi connectivity index (χ2v) is 6.16. The molecule has 0 aliphatic carbocycles. The van der Waals surface area contributed by atoms with Crippen LogP contribution in [0.2, 0.25) is 0 Å². The Balaban J connectivity index is 2.13. The fourth-order valence-electron chi connectivity index (χ4n) is 2.51. The molecule has 138 valence electrons. The van der Waals surface area contributed by atoms with Gasteiger partial charge in [-0.2, -0.15) is 0 Å². The number of hydrogen-bond acceptors (Lipinski definition) is 3. The third kappa shape index (κ3) is 4.81. The number of amides is 1. The molecular weight excluding hydrogens is 337 g/mol. The Hall–Kier alpha value is -2.89. The highest BCUT2D eigenvalue weighted by Crippen LogP contribution is 2.22. The van der Waals surface area contributed by atoms with E-state index in [1.165, 1.54) is 19.1 Å². The monoisotopic (exact) mass is 359 g/mol. The first-order chi connectivity index (χ1) is 12.3. The maximum Gasteiger partial charge on any atom is 0.333 e. The number of carboxylic acid groups (broad SMARTS) is 1. The normalized spacial score (nSPS) is 12.9. The van der Waals surface area contributed by atoms with Gasteiger partial charge in [0.1, 0.15) is 11.6 Å². The summed E-state index contributed by atoms with van der Waals surface area (Å²) in [7, 11) is 0. The van der Waals surface area contributed by atoms with Crippen LogP contribution in [0.4, 0.5) is 4.39 Å². The van der Waals surface area contributed by atoms with E-state index in [0.717, 1.165) is 18.6 Å². The van der Waals surface area contributed by atoms with Gasteiger partial charge in [-0.05, 0) is 48.7 Å². The van der Waals surface area contributed by atoms with E-state index in [2.05, 4.69) is 5.32 Å². The van der Waals surface area contributed by atoms with Gasteiger partial charge in [0.15, 0.2) is 5.54 Å². The van der Waals surface area contributed by atoms with Gasteiger partial charge >= 0.3 is 5.97 Å². The zero-order chi connectivity index (χ0) is 19.2. The van der Waals surface area contributed by atoms with E-state index in [1.807, 2.05) is 6.92 Å². The predicted octanol–water partition coefficient (Wildman–Crippen LogP) is 3.27. The Morgan fingerprint density at radius 3 is 2.50 bits per heavy atom. The number of carbonyl (C=O) groups excluding carboxylic acids is 1. The fourth-order valence-corrected chi connectivity index (χ4v) is 2.51. The number of benzene rings is 2. The highest BCUT2D eigenvalue weighted by atomic mass is 19.1. The van der Waals surface area contributed by atoms with Gasteiger partial charge in [0.05, 0.1) is 13.0 Å². The summed E-state index contributed by atoms with van der Waals surface area (Å²) in [5.74, 6) is -1.49. The van der Waals surface area contributed by atoms with Crippen LogP contribution in [0.15, 0.2) is 48.5 Å². The van der Waals surface area contributed by atoms with Crippen molar-refractivity contribution in [3.63, 3.8) is 0 Å². The maximum absolute atomic E-state index is 13.1. The summed E-state index contributed by atoms with van der Waals surface area (Å²) in [4.78, 5) is 24.1. The van der Waals surface area contributed by atoms with Gasteiger partial charge in [0.2, 0.25) is 5.91 Å². The Morgan fingerprint density at radius 1 is 1.19 bits per heavy atom. The van der Waals surface area contributed by atoms with Crippen molar-refractivity contribution in [3.05, 3.63) is 65.5 Å². The standard InChI is InChI=1S/C20H22FNO4/c1-3-11-26-17-6-4-5-14(12-17)13-18(23)22-20(2,19(24)25)15-7-9-16(21)10-8-15/h4-10,12H,3,11,13H2,1-2H3,(H,22,23)(H,24,25). The quantitative estimate of drug-likeness (QED) is 0.758. The highest BCUT2D eigenvalue weighted by Gasteiger charge is 2.36. The molecule has 1 amide bonds. The number of rotatable bonds is 8. The minimum atomic E-state index is -1.65. The summed E-state index contributed by atoms with van der Waals surface area (Å²) in [6.07, 6.45) is 0.882. The van der Waals surface area contributed by atoms with Crippen molar-refractivity contribution in [2.75, 3.05) is 6.61 Å². The second kappa shape index (κ2) is 8.47. The number of halogens is 1. The minimum absolute atomic E-state index is 0.00733. The molecule has 0 radical (unpaired) electrons. The van der Waals surface area contributed by atoms with E-state index in [-0.39, 0.29) is 6.42 Å². The zero-order valence-corrected chi connectivity index (χ0v) is 14.8. The molecule has 2 aromatic rings. The molecule has 6 heteroatoms. The maximum atomic E-state index is 13.1. The lowest BCUT2D eigenvalue weighted by atomic mass is 9.91. The predicted molar refractivity (Wildman–Crippen MR) is 95.5 cm³/mol. The van der Waals surface area contributed by atoms with Gasteiger partial charge in [0.25, 0.3) is 0 Å². The summed E-state index contributed by atoms with van der Waals surface area (Å²) in [5.41, 5.74) is -0.649. The molecule has 1 atom stereocenters. The molecule has 0 aromatic heterocycles. The van der Waals surface area contributed by atoms with Gasteiger partial charge < -0.3 is 15.2 Å². The molecule has 0 aliphatic heterocycles. The van der Waals surface area contributed by atoms with Gasteiger partial charge in [0, 0.05) is 0 Å². The van der Waals surface area contributed by atoms with Crippen molar-refractivity contribution in [3.8, 4) is 5.75 Å². The van der Waals surface area contributed by atoms with Crippen LogP contribution in [0, 0.1) is 5.82 Å². The van der Waals surface area contributed by atoms with Crippen molar-refractivity contribution in [2.24, 2.45) is 0 Å². The molecule has 0 spiro atoms. The lowest BCUT2D eigenvalue weighted by Crippen LogP contribution is -2.50. The number of ether oxygens (including phenoxy) is 1. The van der Waals surface area contributed by atoms with Crippen molar-refractivity contribution in [1.29, 1.82) is 0 Å². The molecule has 5 nitrogen and oxygen atoms in total. The minimum Gasteiger partial charge on any atom is -0.494 e. The first-order valence-corrected chi connectivity index (χ1v) is 8.37. The van der Waals surface area contributed by atoms with Crippen LogP contribution in [0.5, 0.6) is 5.75 Å². The molecule has 0 heterocycles. The SMILES string of the molecule is CCCOc1cccc(CC(=O)NC(C)(C(=O)O)c2ccc(F)cc2)c1. The van der Waals surface area contributed by atoms with E-state index in [1.54, 1.807) is 24.3 Å². The largest absolute Gasteiger partial charge is 0.494 e. The Bertz CT molecular complexity index is 776. The number of nitrogens with one attached hydrogen (secondary N) is 1. The lowest BCUT2D eigenvalue weighted by Gasteiger charge is -2.27. The van der Waals surface area contributed by atoms with Crippen LogP contribution in [0.1, 0.15) is 31.4 Å². The van der Waals surface area contributed by atoms with Crippen molar-refractivity contribution >= 4 is 11.9 Å². The summed E-state index contributed by atoms with van der Waals surface area (Å²) in [6, 6.07) is 12.1. The highest BCUT2D eigenvalue weighted by molar-refractivity contribution is 5.88. The van der Waals surface area contributed by atoms with Gasteiger partial charge in [-0.15, -0.1) is 0 Å².